The first-order valence-corrected chi connectivity index (χ1v) is 23.0. The maximum atomic E-state index is 7.10. The van der Waals surface area contributed by atoms with Crippen LogP contribution in [0.15, 0.2) is 205 Å². The van der Waals surface area contributed by atoms with Crippen molar-refractivity contribution in [2.75, 3.05) is 0 Å². The molecule has 6 nitrogen and oxygen atoms in total. The Morgan fingerprint density at radius 3 is 1.83 bits per heavy atom. The van der Waals surface area contributed by atoms with Crippen LogP contribution in [0.25, 0.3) is 142 Å². The summed E-state index contributed by atoms with van der Waals surface area (Å²) in [6, 6.07) is 71.3. The van der Waals surface area contributed by atoms with Crippen molar-refractivity contribution < 1.29 is 4.42 Å². The SMILES string of the molecule is c1ccc2cc3c(cc2c1)c1ccc2ccccc2c1n3-c1ccc(-c2nc(-c3cccc4c3sc3ccccc34)nc(-n3c4ccccc4c4ccccc43)n2)c2c1oc1ccccc12. The molecule has 0 unspecified atom stereocenters. The van der Waals surface area contributed by atoms with Crippen LogP contribution in [0.3, 0.4) is 0 Å². The summed E-state index contributed by atoms with van der Waals surface area (Å²) in [6.07, 6.45) is 0. The van der Waals surface area contributed by atoms with Crippen molar-refractivity contribution in [2.45, 2.75) is 0 Å². The lowest BCUT2D eigenvalue weighted by Crippen LogP contribution is -2.06. The molecular weight excluding hydrogens is 827 g/mol. The van der Waals surface area contributed by atoms with Crippen LogP contribution in [0, 0.1) is 0 Å². The molecule has 5 aromatic heterocycles. The first-order valence-electron chi connectivity index (χ1n) is 22.2. The molecule has 0 spiro atoms. The number of hydrogen-bond acceptors (Lipinski definition) is 5. The fraction of sp³-hybridized carbons (Fsp3) is 0. The monoisotopic (exact) mass is 859 g/mol. The summed E-state index contributed by atoms with van der Waals surface area (Å²) in [6.45, 7) is 0. The average molecular weight is 860 g/mol. The minimum absolute atomic E-state index is 0.552. The number of aromatic nitrogens is 5. The average Bonchev–Trinajstić information content (AvgIpc) is 4.13. The highest BCUT2D eigenvalue weighted by Gasteiger charge is 2.25. The van der Waals surface area contributed by atoms with Crippen LogP contribution >= 0.6 is 11.3 Å². The van der Waals surface area contributed by atoms with Crippen LogP contribution in [-0.2, 0) is 0 Å². The summed E-state index contributed by atoms with van der Waals surface area (Å²) in [7, 11) is 0. The van der Waals surface area contributed by atoms with Crippen LogP contribution in [0.2, 0.25) is 0 Å². The topological polar surface area (TPSA) is 61.7 Å². The highest BCUT2D eigenvalue weighted by molar-refractivity contribution is 7.26. The van der Waals surface area contributed by atoms with Gasteiger partial charge < -0.3 is 8.98 Å². The summed E-state index contributed by atoms with van der Waals surface area (Å²) in [5.41, 5.74) is 8.65. The minimum atomic E-state index is 0.552. The minimum Gasteiger partial charge on any atom is -0.454 e. The molecule has 0 N–H and O–H groups in total. The van der Waals surface area contributed by atoms with E-state index < -0.39 is 0 Å². The van der Waals surface area contributed by atoms with Gasteiger partial charge in [0.15, 0.2) is 17.2 Å². The van der Waals surface area contributed by atoms with E-state index in [1.807, 2.05) is 6.07 Å². The van der Waals surface area contributed by atoms with E-state index in [9.17, 15) is 0 Å². The summed E-state index contributed by atoms with van der Waals surface area (Å²) in [5, 5.41) is 13.8. The normalized spacial score (nSPS) is 12.2. The zero-order chi connectivity index (χ0) is 43.0. The largest absolute Gasteiger partial charge is 0.454 e. The second-order valence-corrected chi connectivity index (χ2v) is 18.2. The predicted molar refractivity (Wildman–Crippen MR) is 275 cm³/mol. The van der Waals surface area contributed by atoms with E-state index in [4.69, 9.17) is 19.4 Å². The lowest BCUT2D eigenvalue weighted by atomic mass is 10.0. The van der Waals surface area contributed by atoms with Crippen molar-refractivity contribution in [3.8, 4) is 34.4 Å². The molecule has 10 aromatic carbocycles. The van der Waals surface area contributed by atoms with Gasteiger partial charge in [-0.1, -0.05) is 146 Å². The highest BCUT2D eigenvalue weighted by Crippen LogP contribution is 2.45. The maximum Gasteiger partial charge on any atom is 0.238 e. The van der Waals surface area contributed by atoms with Crippen molar-refractivity contribution in [3.63, 3.8) is 0 Å². The lowest BCUT2D eigenvalue weighted by Gasteiger charge is -2.14. The van der Waals surface area contributed by atoms with E-state index in [0.29, 0.717) is 17.6 Å². The second kappa shape index (κ2) is 13.4. The second-order valence-electron chi connectivity index (χ2n) is 17.1. The zero-order valence-electron chi connectivity index (χ0n) is 35.1. The molecule has 15 rings (SSSR count). The van der Waals surface area contributed by atoms with E-state index in [0.717, 1.165) is 76.3 Å². The van der Waals surface area contributed by atoms with Crippen LogP contribution in [0.5, 0.6) is 0 Å². The van der Waals surface area contributed by atoms with Gasteiger partial charge in [0.25, 0.3) is 0 Å². The number of para-hydroxylation sites is 3. The van der Waals surface area contributed by atoms with Crippen molar-refractivity contribution in [2.24, 2.45) is 0 Å². The number of thiophene rings is 1. The summed E-state index contributed by atoms with van der Waals surface area (Å²) < 4.78 is 14.1. The number of fused-ring (bicyclic) bond motifs is 15. The van der Waals surface area contributed by atoms with E-state index in [1.165, 1.54) is 47.8 Å². The third-order valence-corrected chi connectivity index (χ3v) is 14.8. The summed E-state index contributed by atoms with van der Waals surface area (Å²) in [5.74, 6) is 1.73. The van der Waals surface area contributed by atoms with Gasteiger partial charge in [-0.3, -0.25) is 4.57 Å². The molecule has 15 aromatic rings. The number of nitrogens with zero attached hydrogens (tertiary/aromatic N) is 5. The number of hydrogen-bond donors (Lipinski definition) is 0. The fourth-order valence-corrected chi connectivity index (χ4v) is 11.9. The molecule has 0 bridgehead atoms. The molecule has 0 atom stereocenters. The molecule has 0 amide bonds. The smallest absolute Gasteiger partial charge is 0.238 e. The Labute approximate surface area is 379 Å². The fourth-order valence-electron chi connectivity index (χ4n) is 10.7. The first kappa shape index (κ1) is 35.8. The van der Waals surface area contributed by atoms with Gasteiger partial charge in [-0.25, -0.2) is 4.98 Å². The molecule has 0 radical (unpaired) electrons. The highest BCUT2D eigenvalue weighted by atomic mass is 32.1. The Bertz CT molecular complexity index is 4500. The molecule has 0 saturated heterocycles. The molecule has 0 aliphatic carbocycles. The van der Waals surface area contributed by atoms with E-state index in [2.05, 4.69) is 203 Å². The molecule has 7 heteroatoms. The number of rotatable bonds is 4. The molecule has 66 heavy (non-hydrogen) atoms. The molecule has 0 fully saturated rings. The van der Waals surface area contributed by atoms with Gasteiger partial charge in [-0.2, -0.15) is 9.97 Å². The van der Waals surface area contributed by atoms with Crippen LogP contribution in [-0.4, -0.2) is 24.1 Å². The number of furan rings is 1. The molecule has 0 aliphatic heterocycles. The molecule has 5 heterocycles. The van der Waals surface area contributed by atoms with E-state index in [-0.39, 0.29) is 0 Å². The van der Waals surface area contributed by atoms with E-state index in [1.54, 1.807) is 11.3 Å². The summed E-state index contributed by atoms with van der Waals surface area (Å²) >= 11 is 1.78. The Morgan fingerprint density at radius 2 is 1.03 bits per heavy atom. The number of benzene rings is 10. The van der Waals surface area contributed by atoms with Crippen molar-refractivity contribution in [3.05, 3.63) is 200 Å². The van der Waals surface area contributed by atoms with Crippen molar-refractivity contribution in [1.29, 1.82) is 0 Å². The Hall–Kier alpha value is -8.65. The summed E-state index contributed by atoms with van der Waals surface area (Å²) in [4.78, 5) is 16.4. The van der Waals surface area contributed by atoms with Crippen molar-refractivity contribution in [1.82, 2.24) is 24.1 Å². The van der Waals surface area contributed by atoms with Gasteiger partial charge in [-0.05, 0) is 70.8 Å². The maximum absolute atomic E-state index is 7.10. The van der Waals surface area contributed by atoms with Crippen LogP contribution in [0.4, 0.5) is 0 Å². The first-order chi connectivity index (χ1) is 32.7. The predicted octanol–water partition coefficient (Wildman–Crippen LogP) is 16.0. The standard InChI is InChI=1S/C59H33N5OS/c1-2-16-36-33-50-46(32-35(36)15-1)41-29-28-34-14-3-4-17-37(34)54(41)63(50)49-31-30-44(53-43-21-7-11-26-51(43)65-55(49)53)57-60-58(45-23-13-22-42-40-20-8-12-27-52(40)66-56(42)45)62-59(61-57)64-47-24-9-5-18-38(47)39-19-6-10-25-48(39)64/h1-33H. The molecule has 0 saturated carbocycles. The van der Waals surface area contributed by atoms with Gasteiger partial charge in [0.2, 0.25) is 5.95 Å². The molecular formula is C59H33N5OS. The quantitative estimate of drug-likeness (QED) is 0.177. The van der Waals surface area contributed by atoms with Gasteiger partial charge in [0, 0.05) is 69.0 Å². The van der Waals surface area contributed by atoms with Gasteiger partial charge >= 0.3 is 0 Å². The third-order valence-electron chi connectivity index (χ3n) is 13.6. The van der Waals surface area contributed by atoms with Crippen molar-refractivity contribution >= 4 is 119 Å². The third kappa shape index (κ3) is 4.97. The van der Waals surface area contributed by atoms with Crippen LogP contribution in [0.1, 0.15) is 0 Å². The van der Waals surface area contributed by atoms with Gasteiger partial charge in [0.05, 0.1) is 27.8 Å². The van der Waals surface area contributed by atoms with Gasteiger partial charge in [-0.15, -0.1) is 11.3 Å². The Balaban J connectivity index is 1.07. The van der Waals surface area contributed by atoms with Crippen LogP contribution < -0.4 is 0 Å². The van der Waals surface area contributed by atoms with Gasteiger partial charge in [0.1, 0.15) is 5.58 Å². The Kier molecular flexibility index (Phi) is 7.28. The van der Waals surface area contributed by atoms with E-state index >= 15 is 0 Å². The molecule has 0 aliphatic rings. The lowest BCUT2D eigenvalue weighted by molar-refractivity contribution is 0.666. The molecule has 306 valence electrons. The Morgan fingerprint density at radius 1 is 0.394 bits per heavy atom. The zero-order valence-corrected chi connectivity index (χ0v) is 35.9.